The minimum atomic E-state index is -0.166. The molecule has 26 heavy (non-hydrogen) atoms. The fourth-order valence-corrected chi connectivity index (χ4v) is 2.55. The van der Waals surface area contributed by atoms with Crippen LogP contribution in [0.1, 0.15) is 22.8 Å². The van der Waals surface area contributed by atoms with Crippen LogP contribution >= 0.6 is 0 Å². The second-order valence-electron chi connectivity index (χ2n) is 5.83. The zero-order valence-electron chi connectivity index (χ0n) is 15.5. The number of benzene rings is 2. The number of rotatable bonds is 7. The molecule has 0 aliphatic rings. The number of aryl methyl sites for hydroxylation is 1. The van der Waals surface area contributed by atoms with E-state index in [-0.39, 0.29) is 11.8 Å². The molecule has 0 heterocycles. The van der Waals surface area contributed by atoms with Crippen LogP contribution in [0.2, 0.25) is 0 Å². The van der Waals surface area contributed by atoms with E-state index in [1.165, 1.54) is 6.92 Å². The van der Waals surface area contributed by atoms with Crippen molar-refractivity contribution in [3.05, 3.63) is 53.6 Å². The van der Waals surface area contributed by atoms with Crippen molar-refractivity contribution < 1.29 is 19.1 Å². The van der Waals surface area contributed by atoms with Crippen LogP contribution in [-0.4, -0.2) is 39.1 Å². The maximum Gasteiger partial charge on any atom is 0.251 e. The first-order valence-electron chi connectivity index (χ1n) is 8.31. The Bertz CT molecular complexity index is 772. The minimum absolute atomic E-state index is 0.123. The highest BCUT2D eigenvalue weighted by atomic mass is 16.5. The van der Waals surface area contributed by atoms with Crippen LogP contribution in [0.15, 0.2) is 42.5 Å². The van der Waals surface area contributed by atoms with Gasteiger partial charge in [-0.1, -0.05) is 17.7 Å². The molecular formula is C20H24N2O4. The number of hydrogen-bond acceptors (Lipinski definition) is 4. The van der Waals surface area contributed by atoms with Gasteiger partial charge in [0.1, 0.15) is 0 Å². The van der Waals surface area contributed by atoms with Crippen molar-refractivity contribution in [2.24, 2.45) is 0 Å². The van der Waals surface area contributed by atoms with Gasteiger partial charge in [0, 0.05) is 37.3 Å². The third-order valence-electron chi connectivity index (χ3n) is 3.99. The summed E-state index contributed by atoms with van der Waals surface area (Å²) < 4.78 is 10.5. The highest BCUT2D eigenvalue weighted by Gasteiger charge is 2.15. The third-order valence-corrected chi connectivity index (χ3v) is 3.99. The Morgan fingerprint density at radius 2 is 1.65 bits per heavy atom. The lowest BCUT2D eigenvalue weighted by Crippen LogP contribution is -2.37. The molecule has 0 aromatic heterocycles. The Kier molecular flexibility index (Phi) is 6.60. The van der Waals surface area contributed by atoms with Crippen LogP contribution < -0.4 is 19.7 Å². The fourth-order valence-electron chi connectivity index (χ4n) is 2.55. The first-order chi connectivity index (χ1) is 12.5. The van der Waals surface area contributed by atoms with Crippen LogP contribution in [0.4, 0.5) is 5.69 Å². The number of amides is 2. The first kappa shape index (κ1) is 19.3. The van der Waals surface area contributed by atoms with E-state index in [9.17, 15) is 9.59 Å². The number of nitrogens with zero attached hydrogens (tertiary/aromatic N) is 1. The van der Waals surface area contributed by atoms with Crippen molar-refractivity contribution in [1.29, 1.82) is 0 Å². The molecule has 0 saturated heterocycles. The molecule has 2 aromatic rings. The lowest BCUT2D eigenvalue weighted by Gasteiger charge is -2.22. The Labute approximate surface area is 153 Å². The normalized spacial score (nSPS) is 10.2. The quantitative estimate of drug-likeness (QED) is 0.828. The molecule has 2 rings (SSSR count). The summed E-state index contributed by atoms with van der Waals surface area (Å²) in [6, 6.07) is 12.6. The summed E-state index contributed by atoms with van der Waals surface area (Å²) in [6.45, 7) is 4.14. The predicted molar refractivity (Wildman–Crippen MR) is 101 cm³/mol. The highest BCUT2D eigenvalue weighted by Crippen LogP contribution is 2.31. The summed E-state index contributed by atoms with van der Waals surface area (Å²) in [5.41, 5.74) is 2.37. The van der Waals surface area contributed by atoms with Crippen molar-refractivity contribution in [2.45, 2.75) is 13.8 Å². The smallest absolute Gasteiger partial charge is 0.251 e. The summed E-state index contributed by atoms with van der Waals surface area (Å²) in [7, 11) is 3.10. The summed E-state index contributed by atoms with van der Waals surface area (Å²) >= 11 is 0. The Balaban J connectivity index is 2.03. The van der Waals surface area contributed by atoms with E-state index >= 15 is 0 Å². The van der Waals surface area contributed by atoms with Gasteiger partial charge in [-0.3, -0.25) is 9.59 Å². The average molecular weight is 356 g/mol. The summed E-state index contributed by atoms with van der Waals surface area (Å²) in [6.07, 6.45) is 0. The minimum Gasteiger partial charge on any atom is -0.493 e. The molecule has 0 aliphatic carbocycles. The zero-order valence-corrected chi connectivity index (χ0v) is 15.5. The lowest BCUT2D eigenvalue weighted by molar-refractivity contribution is -0.116. The fraction of sp³-hybridized carbons (Fsp3) is 0.300. The van der Waals surface area contributed by atoms with Gasteiger partial charge in [0.15, 0.2) is 11.5 Å². The van der Waals surface area contributed by atoms with Crippen LogP contribution in [0, 0.1) is 6.92 Å². The largest absolute Gasteiger partial charge is 0.493 e. The number of anilines is 1. The molecule has 0 saturated carbocycles. The topological polar surface area (TPSA) is 67.9 Å². The van der Waals surface area contributed by atoms with Gasteiger partial charge in [-0.2, -0.15) is 0 Å². The highest BCUT2D eigenvalue weighted by molar-refractivity contribution is 5.94. The molecule has 0 bridgehead atoms. The van der Waals surface area contributed by atoms with Gasteiger partial charge in [-0.05, 0) is 31.2 Å². The summed E-state index contributed by atoms with van der Waals surface area (Å²) in [5.74, 6) is 0.843. The molecule has 6 heteroatoms. The van der Waals surface area contributed by atoms with Crippen molar-refractivity contribution in [3.8, 4) is 11.5 Å². The van der Waals surface area contributed by atoms with E-state index in [4.69, 9.17) is 9.47 Å². The van der Waals surface area contributed by atoms with Crippen molar-refractivity contribution in [1.82, 2.24) is 5.32 Å². The molecule has 0 aliphatic heterocycles. The number of nitrogens with one attached hydrogen (secondary N) is 1. The SMILES string of the molecule is COc1ccc(N(CCNC(=O)c2ccc(C)cc2)C(C)=O)cc1OC. The van der Waals surface area contributed by atoms with Gasteiger partial charge in [0.25, 0.3) is 5.91 Å². The summed E-state index contributed by atoms with van der Waals surface area (Å²) in [4.78, 5) is 25.8. The van der Waals surface area contributed by atoms with E-state index in [1.54, 1.807) is 49.5 Å². The van der Waals surface area contributed by atoms with E-state index in [0.29, 0.717) is 35.8 Å². The molecule has 0 radical (unpaired) electrons. The molecule has 0 fully saturated rings. The van der Waals surface area contributed by atoms with Gasteiger partial charge in [0.05, 0.1) is 14.2 Å². The van der Waals surface area contributed by atoms with Gasteiger partial charge >= 0.3 is 0 Å². The van der Waals surface area contributed by atoms with Gasteiger partial charge in [0.2, 0.25) is 5.91 Å². The molecule has 0 unspecified atom stereocenters. The number of ether oxygens (including phenoxy) is 2. The maximum atomic E-state index is 12.2. The number of carbonyl (C=O) groups excluding carboxylic acids is 2. The van der Waals surface area contributed by atoms with Gasteiger partial charge in [-0.25, -0.2) is 0 Å². The molecule has 138 valence electrons. The van der Waals surface area contributed by atoms with Crippen molar-refractivity contribution >= 4 is 17.5 Å². The molecule has 1 N–H and O–H groups in total. The second-order valence-corrected chi connectivity index (χ2v) is 5.83. The van der Waals surface area contributed by atoms with Crippen LogP contribution in [0.3, 0.4) is 0 Å². The molecule has 0 spiro atoms. The Morgan fingerprint density at radius 1 is 1.00 bits per heavy atom. The number of carbonyl (C=O) groups is 2. The zero-order chi connectivity index (χ0) is 19.1. The first-order valence-corrected chi connectivity index (χ1v) is 8.31. The van der Waals surface area contributed by atoms with Crippen molar-refractivity contribution in [2.75, 3.05) is 32.2 Å². The van der Waals surface area contributed by atoms with E-state index in [1.807, 2.05) is 19.1 Å². The Morgan fingerprint density at radius 3 is 2.23 bits per heavy atom. The molecular weight excluding hydrogens is 332 g/mol. The lowest BCUT2D eigenvalue weighted by atomic mass is 10.1. The molecule has 0 atom stereocenters. The van der Waals surface area contributed by atoms with E-state index < -0.39 is 0 Å². The maximum absolute atomic E-state index is 12.2. The number of hydrogen-bond donors (Lipinski definition) is 1. The average Bonchev–Trinajstić information content (AvgIpc) is 2.64. The second kappa shape index (κ2) is 8.89. The van der Waals surface area contributed by atoms with Crippen LogP contribution in [0.5, 0.6) is 11.5 Å². The standard InChI is InChI=1S/C20H24N2O4/c1-14-5-7-16(8-6-14)20(24)21-11-12-22(15(2)23)17-9-10-18(25-3)19(13-17)26-4/h5-10,13H,11-12H2,1-4H3,(H,21,24). The molecule has 6 nitrogen and oxygen atoms in total. The van der Waals surface area contributed by atoms with Crippen molar-refractivity contribution in [3.63, 3.8) is 0 Å². The number of methoxy groups -OCH3 is 2. The van der Waals surface area contributed by atoms with E-state index in [0.717, 1.165) is 5.56 Å². The monoisotopic (exact) mass is 356 g/mol. The van der Waals surface area contributed by atoms with Crippen LogP contribution in [-0.2, 0) is 4.79 Å². The molecule has 2 aromatic carbocycles. The van der Waals surface area contributed by atoms with E-state index in [2.05, 4.69) is 5.32 Å². The molecule has 2 amide bonds. The predicted octanol–water partition coefficient (Wildman–Crippen LogP) is 2.80. The third kappa shape index (κ3) is 4.75. The Hall–Kier alpha value is -3.02. The van der Waals surface area contributed by atoms with Crippen LogP contribution in [0.25, 0.3) is 0 Å². The summed E-state index contributed by atoms with van der Waals surface area (Å²) in [5, 5.41) is 2.84. The van der Waals surface area contributed by atoms with Gasteiger partial charge in [-0.15, -0.1) is 0 Å². The van der Waals surface area contributed by atoms with Gasteiger partial charge < -0.3 is 19.7 Å².